The van der Waals surface area contributed by atoms with Gasteiger partial charge in [-0.1, -0.05) is 33.8 Å². The number of amides is 1. The monoisotopic (exact) mass is 306 g/mol. The summed E-state index contributed by atoms with van der Waals surface area (Å²) in [5.41, 5.74) is 0. The van der Waals surface area contributed by atoms with Gasteiger partial charge in [-0.2, -0.15) is 0 Å². The van der Waals surface area contributed by atoms with Crippen LogP contribution < -0.4 is 5.32 Å². The van der Waals surface area contributed by atoms with Crippen LogP contribution in [0.3, 0.4) is 0 Å². The fourth-order valence-corrected chi connectivity index (χ4v) is 4.62. The van der Waals surface area contributed by atoms with Crippen molar-refractivity contribution in [2.45, 2.75) is 58.8 Å². The van der Waals surface area contributed by atoms with Crippen LogP contribution in [-0.4, -0.2) is 22.9 Å². The highest BCUT2D eigenvalue weighted by atomic mass is 32.1. The van der Waals surface area contributed by atoms with Gasteiger partial charge in [0.15, 0.2) is 0 Å². The Morgan fingerprint density at radius 3 is 2.62 bits per heavy atom. The molecule has 21 heavy (non-hydrogen) atoms. The van der Waals surface area contributed by atoms with Gasteiger partial charge in [-0.25, -0.2) is 0 Å². The van der Waals surface area contributed by atoms with Gasteiger partial charge < -0.3 is 4.90 Å². The van der Waals surface area contributed by atoms with Crippen molar-refractivity contribution >= 4 is 17.2 Å². The number of hydrogen-bond acceptors (Lipinski definition) is 3. The van der Waals surface area contributed by atoms with Crippen LogP contribution >= 0.6 is 11.3 Å². The lowest BCUT2D eigenvalue weighted by molar-refractivity contribution is -0.133. The van der Waals surface area contributed by atoms with E-state index in [0.717, 1.165) is 6.42 Å². The Labute approximate surface area is 131 Å². The van der Waals surface area contributed by atoms with Gasteiger partial charge >= 0.3 is 0 Å². The summed E-state index contributed by atoms with van der Waals surface area (Å²) >= 11 is 1.74. The average molecular weight is 306 g/mol. The highest BCUT2D eigenvalue weighted by molar-refractivity contribution is 7.10. The number of hydrogen-bond donors (Lipinski definition) is 1. The Balaban J connectivity index is 1.92. The number of nitrogens with one attached hydrogen (secondary N) is 1. The van der Waals surface area contributed by atoms with Crippen molar-refractivity contribution in [3.8, 4) is 0 Å². The van der Waals surface area contributed by atoms with Gasteiger partial charge in [-0.3, -0.25) is 10.1 Å². The van der Waals surface area contributed by atoms with Crippen LogP contribution in [-0.2, 0) is 4.79 Å². The first-order chi connectivity index (χ1) is 10.0. The Hall–Kier alpha value is -0.870. The van der Waals surface area contributed by atoms with E-state index in [2.05, 4.69) is 55.4 Å². The van der Waals surface area contributed by atoms with Gasteiger partial charge in [-0.05, 0) is 42.0 Å². The van der Waals surface area contributed by atoms with Crippen LogP contribution in [0.5, 0.6) is 0 Å². The maximum atomic E-state index is 13.0. The molecule has 1 aromatic heterocycles. The summed E-state index contributed by atoms with van der Waals surface area (Å²) in [6.07, 6.45) is 2.45. The molecular weight excluding hydrogens is 280 g/mol. The summed E-state index contributed by atoms with van der Waals surface area (Å²) in [6.45, 7) is 8.89. The lowest BCUT2D eigenvalue weighted by Gasteiger charge is -2.33. The predicted octanol–water partition coefficient (Wildman–Crippen LogP) is 3.64. The molecule has 1 N–H and O–H groups in total. The van der Waals surface area contributed by atoms with E-state index in [0.29, 0.717) is 29.7 Å². The molecule has 1 aliphatic carbocycles. The molecule has 5 atom stereocenters. The predicted molar refractivity (Wildman–Crippen MR) is 87.0 cm³/mol. The summed E-state index contributed by atoms with van der Waals surface area (Å²) in [5, 5.41) is 5.69. The molecule has 1 saturated carbocycles. The molecule has 3 nitrogen and oxygen atoms in total. The smallest absolute Gasteiger partial charge is 0.241 e. The maximum Gasteiger partial charge on any atom is 0.241 e. The Morgan fingerprint density at radius 1 is 1.33 bits per heavy atom. The fraction of sp³-hybridized carbons (Fsp3) is 0.706. The Bertz CT molecular complexity index is 499. The summed E-state index contributed by atoms with van der Waals surface area (Å²) in [5.74, 6) is 1.93. The molecule has 0 spiro atoms. The third-order valence-electron chi connectivity index (χ3n) is 5.40. The van der Waals surface area contributed by atoms with E-state index in [1.165, 1.54) is 11.3 Å². The van der Waals surface area contributed by atoms with E-state index < -0.39 is 0 Å². The summed E-state index contributed by atoms with van der Waals surface area (Å²) < 4.78 is 0. The molecule has 1 amide bonds. The van der Waals surface area contributed by atoms with E-state index in [1.807, 2.05) is 0 Å². The molecule has 0 bridgehead atoms. The molecule has 1 aromatic rings. The minimum atomic E-state index is -0.0415. The van der Waals surface area contributed by atoms with Gasteiger partial charge in [-0.15, -0.1) is 11.3 Å². The molecule has 4 heteroatoms. The first kappa shape index (κ1) is 15.0. The van der Waals surface area contributed by atoms with Crippen molar-refractivity contribution in [1.82, 2.24) is 10.2 Å². The van der Waals surface area contributed by atoms with Crippen molar-refractivity contribution < 1.29 is 4.79 Å². The minimum absolute atomic E-state index is 0.0415. The quantitative estimate of drug-likeness (QED) is 0.924. The first-order valence-corrected chi connectivity index (χ1v) is 9.00. The van der Waals surface area contributed by atoms with E-state index >= 15 is 0 Å². The van der Waals surface area contributed by atoms with Crippen LogP contribution in [0.25, 0.3) is 0 Å². The standard InChI is InChI=1S/C17H26N2OS/c1-10(2)15-17(20)19(13-8-7-11(3)12(13)4)16(18-15)14-6-5-9-21-14/h5-6,9-13,15-16,18H,7-8H2,1-4H3. The average Bonchev–Trinajstić information content (AvgIpc) is 3.12. The normalized spacial score (nSPS) is 36.9. The second-order valence-corrected chi connectivity index (χ2v) is 8.01. The topological polar surface area (TPSA) is 32.3 Å². The van der Waals surface area contributed by atoms with Crippen molar-refractivity contribution in [1.29, 1.82) is 0 Å². The summed E-state index contributed by atoms with van der Waals surface area (Å²) in [6, 6.07) is 4.57. The Kier molecular flexibility index (Phi) is 4.10. The zero-order valence-corrected chi connectivity index (χ0v) is 14.2. The number of thiophene rings is 1. The van der Waals surface area contributed by atoms with E-state index in [9.17, 15) is 4.79 Å². The van der Waals surface area contributed by atoms with Crippen LogP contribution in [0.2, 0.25) is 0 Å². The van der Waals surface area contributed by atoms with Crippen molar-refractivity contribution in [3.05, 3.63) is 22.4 Å². The Morgan fingerprint density at radius 2 is 2.10 bits per heavy atom. The second-order valence-electron chi connectivity index (χ2n) is 7.03. The molecule has 0 aromatic carbocycles. The SMILES string of the molecule is CC(C)C1NC(c2cccs2)N(C2CCC(C)C2C)C1=O. The molecule has 5 unspecified atom stereocenters. The summed E-state index contributed by atoms with van der Waals surface area (Å²) in [7, 11) is 0. The zero-order chi connectivity index (χ0) is 15.1. The van der Waals surface area contributed by atoms with E-state index in [1.54, 1.807) is 11.3 Å². The summed E-state index contributed by atoms with van der Waals surface area (Å²) in [4.78, 5) is 16.4. The van der Waals surface area contributed by atoms with Gasteiger partial charge in [0.05, 0.1) is 6.04 Å². The third kappa shape index (κ3) is 2.53. The largest absolute Gasteiger partial charge is 0.317 e. The maximum absolute atomic E-state index is 13.0. The van der Waals surface area contributed by atoms with Gasteiger partial charge in [0.1, 0.15) is 6.17 Å². The molecule has 1 saturated heterocycles. The zero-order valence-electron chi connectivity index (χ0n) is 13.4. The van der Waals surface area contributed by atoms with E-state index in [4.69, 9.17) is 0 Å². The number of rotatable bonds is 3. The fourth-order valence-electron chi connectivity index (χ4n) is 3.84. The minimum Gasteiger partial charge on any atom is -0.317 e. The lowest BCUT2D eigenvalue weighted by atomic mass is 9.96. The van der Waals surface area contributed by atoms with Crippen LogP contribution in [0.4, 0.5) is 0 Å². The molecule has 0 radical (unpaired) electrons. The molecule has 2 heterocycles. The second kappa shape index (κ2) is 5.73. The van der Waals surface area contributed by atoms with Gasteiger partial charge in [0.25, 0.3) is 0 Å². The van der Waals surface area contributed by atoms with E-state index in [-0.39, 0.29) is 12.2 Å². The van der Waals surface area contributed by atoms with Gasteiger partial charge in [0.2, 0.25) is 5.91 Å². The molecule has 3 rings (SSSR count). The number of carbonyl (C=O) groups is 1. The van der Waals surface area contributed by atoms with Crippen LogP contribution in [0.15, 0.2) is 17.5 Å². The molecule has 2 aliphatic rings. The van der Waals surface area contributed by atoms with Gasteiger partial charge in [0, 0.05) is 10.9 Å². The number of nitrogens with zero attached hydrogens (tertiary/aromatic N) is 1. The molecule has 116 valence electrons. The van der Waals surface area contributed by atoms with Crippen molar-refractivity contribution in [2.24, 2.45) is 17.8 Å². The van der Waals surface area contributed by atoms with Crippen molar-refractivity contribution in [3.63, 3.8) is 0 Å². The molecule has 1 aliphatic heterocycles. The van der Waals surface area contributed by atoms with Crippen LogP contribution in [0.1, 0.15) is 51.6 Å². The van der Waals surface area contributed by atoms with Crippen LogP contribution in [0, 0.1) is 17.8 Å². The highest BCUT2D eigenvalue weighted by Crippen LogP contribution is 2.41. The molecule has 2 fully saturated rings. The lowest BCUT2D eigenvalue weighted by Crippen LogP contribution is -2.42. The highest BCUT2D eigenvalue weighted by Gasteiger charge is 2.48. The molecular formula is C17H26N2OS. The number of carbonyl (C=O) groups excluding carboxylic acids is 1. The van der Waals surface area contributed by atoms with Crippen molar-refractivity contribution in [2.75, 3.05) is 0 Å². The first-order valence-electron chi connectivity index (χ1n) is 8.12. The third-order valence-corrected chi connectivity index (χ3v) is 6.32.